The van der Waals surface area contributed by atoms with E-state index in [2.05, 4.69) is 0 Å². The molecule has 0 bridgehead atoms. The molecule has 5 heteroatoms. The molecule has 2 rings (SSSR count). The number of halogens is 1. The highest BCUT2D eigenvalue weighted by Crippen LogP contribution is 2.16. The molecule has 0 aliphatic carbocycles. The minimum absolute atomic E-state index is 0.138. The van der Waals surface area contributed by atoms with Crippen molar-refractivity contribution < 1.29 is 23.1 Å². The van der Waals surface area contributed by atoms with Crippen LogP contribution < -0.4 is 4.74 Å². The van der Waals surface area contributed by atoms with Gasteiger partial charge in [0.05, 0.1) is 19.3 Å². The third kappa shape index (κ3) is 3.85. The first-order valence-electron chi connectivity index (χ1n) is 6.17. The molecular formula is C15H15FO4. The average molecular weight is 278 g/mol. The van der Waals surface area contributed by atoms with Crippen molar-refractivity contribution >= 4 is 5.97 Å². The van der Waals surface area contributed by atoms with E-state index in [1.165, 1.54) is 31.4 Å². The van der Waals surface area contributed by atoms with Gasteiger partial charge in [0.1, 0.15) is 23.9 Å². The van der Waals surface area contributed by atoms with Gasteiger partial charge in [-0.1, -0.05) is 0 Å². The quantitative estimate of drug-likeness (QED) is 0.762. The van der Waals surface area contributed by atoms with Crippen LogP contribution in [0.3, 0.4) is 0 Å². The first kappa shape index (κ1) is 14.1. The zero-order valence-electron chi connectivity index (χ0n) is 11.0. The van der Waals surface area contributed by atoms with Crippen molar-refractivity contribution in [3.8, 4) is 5.75 Å². The van der Waals surface area contributed by atoms with E-state index in [1.54, 1.807) is 18.4 Å². The van der Waals surface area contributed by atoms with Crippen molar-refractivity contribution in [2.24, 2.45) is 5.92 Å². The van der Waals surface area contributed by atoms with Crippen LogP contribution in [0.4, 0.5) is 4.39 Å². The summed E-state index contributed by atoms with van der Waals surface area (Å²) >= 11 is 0. The molecule has 0 radical (unpaired) electrons. The van der Waals surface area contributed by atoms with Crippen molar-refractivity contribution in [2.75, 3.05) is 13.7 Å². The van der Waals surface area contributed by atoms with Gasteiger partial charge in [0.15, 0.2) is 0 Å². The van der Waals surface area contributed by atoms with Crippen molar-refractivity contribution in [1.29, 1.82) is 0 Å². The van der Waals surface area contributed by atoms with Crippen LogP contribution in [-0.4, -0.2) is 19.7 Å². The Morgan fingerprint density at radius 1 is 1.30 bits per heavy atom. The standard InChI is InChI=1S/C15H15FO4/c1-18-15(17)11(9-14-3-2-8-19-14)10-20-13-6-4-12(16)5-7-13/h2-8,11H,9-10H2,1H3. The maximum Gasteiger partial charge on any atom is 0.312 e. The Bertz CT molecular complexity index is 534. The number of furan rings is 1. The lowest BCUT2D eigenvalue weighted by molar-refractivity contribution is -0.146. The molecule has 0 amide bonds. The Labute approximate surface area is 116 Å². The SMILES string of the molecule is COC(=O)C(COc1ccc(F)cc1)Cc1ccco1. The average Bonchev–Trinajstić information content (AvgIpc) is 2.97. The van der Waals surface area contributed by atoms with Crippen LogP contribution in [0.15, 0.2) is 47.1 Å². The lowest BCUT2D eigenvalue weighted by Gasteiger charge is -2.14. The minimum atomic E-state index is -0.476. The van der Waals surface area contributed by atoms with Gasteiger partial charge in [0.2, 0.25) is 0 Å². The van der Waals surface area contributed by atoms with Gasteiger partial charge in [-0.25, -0.2) is 4.39 Å². The van der Waals surface area contributed by atoms with Gasteiger partial charge in [0, 0.05) is 6.42 Å². The van der Waals surface area contributed by atoms with E-state index in [9.17, 15) is 9.18 Å². The second kappa shape index (κ2) is 6.75. The van der Waals surface area contributed by atoms with E-state index in [4.69, 9.17) is 13.9 Å². The highest BCUT2D eigenvalue weighted by atomic mass is 19.1. The number of hydrogen-bond donors (Lipinski definition) is 0. The number of methoxy groups -OCH3 is 1. The number of carbonyl (C=O) groups excluding carboxylic acids is 1. The van der Waals surface area contributed by atoms with Crippen LogP contribution in [-0.2, 0) is 16.0 Å². The number of hydrogen-bond acceptors (Lipinski definition) is 4. The molecule has 2 aromatic rings. The Morgan fingerprint density at radius 2 is 2.05 bits per heavy atom. The number of carbonyl (C=O) groups is 1. The summed E-state index contributed by atoms with van der Waals surface area (Å²) in [6.07, 6.45) is 1.94. The van der Waals surface area contributed by atoms with Gasteiger partial charge < -0.3 is 13.9 Å². The second-order valence-electron chi connectivity index (χ2n) is 4.27. The van der Waals surface area contributed by atoms with Crippen LogP contribution in [0.2, 0.25) is 0 Å². The summed E-state index contributed by atoms with van der Waals surface area (Å²) in [6.45, 7) is 0.138. The Balaban J connectivity index is 1.97. The first-order chi connectivity index (χ1) is 9.69. The third-order valence-corrected chi connectivity index (χ3v) is 2.83. The Morgan fingerprint density at radius 3 is 2.65 bits per heavy atom. The van der Waals surface area contributed by atoms with Crippen molar-refractivity contribution in [3.05, 3.63) is 54.2 Å². The van der Waals surface area contributed by atoms with Crippen LogP contribution in [0, 0.1) is 11.7 Å². The number of rotatable bonds is 6. The van der Waals surface area contributed by atoms with Crippen LogP contribution in [0.5, 0.6) is 5.75 Å². The summed E-state index contributed by atoms with van der Waals surface area (Å²) in [5, 5.41) is 0. The van der Waals surface area contributed by atoms with Gasteiger partial charge in [-0.3, -0.25) is 4.79 Å². The molecule has 20 heavy (non-hydrogen) atoms. The van der Waals surface area contributed by atoms with Gasteiger partial charge in [-0.05, 0) is 36.4 Å². The summed E-state index contributed by atoms with van der Waals surface area (Å²) in [7, 11) is 1.33. The summed E-state index contributed by atoms with van der Waals surface area (Å²) in [4.78, 5) is 11.7. The van der Waals surface area contributed by atoms with Crippen LogP contribution in [0.1, 0.15) is 5.76 Å². The lowest BCUT2D eigenvalue weighted by Crippen LogP contribution is -2.25. The normalized spacial score (nSPS) is 11.9. The molecular weight excluding hydrogens is 263 g/mol. The summed E-state index contributed by atoms with van der Waals surface area (Å²) in [5.41, 5.74) is 0. The van der Waals surface area contributed by atoms with Gasteiger partial charge in [0.25, 0.3) is 0 Å². The Hall–Kier alpha value is -2.30. The molecule has 1 atom stereocenters. The molecule has 1 aromatic heterocycles. The summed E-state index contributed by atoms with van der Waals surface area (Å²) in [5.74, 6) is 0.0000206. The van der Waals surface area contributed by atoms with Crippen molar-refractivity contribution in [3.63, 3.8) is 0 Å². The first-order valence-corrected chi connectivity index (χ1v) is 6.17. The molecule has 1 aromatic carbocycles. The highest BCUT2D eigenvalue weighted by molar-refractivity contribution is 5.72. The van der Waals surface area contributed by atoms with Crippen LogP contribution in [0.25, 0.3) is 0 Å². The molecule has 0 fully saturated rings. The molecule has 0 aliphatic rings. The monoisotopic (exact) mass is 278 g/mol. The van der Waals surface area contributed by atoms with Gasteiger partial charge in [-0.2, -0.15) is 0 Å². The van der Waals surface area contributed by atoms with E-state index in [0.717, 1.165) is 0 Å². The molecule has 1 heterocycles. The molecule has 0 N–H and O–H groups in total. The fourth-order valence-electron chi connectivity index (χ4n) is 1.78. The predicted molar refractivity (Wildman–Crippen MR) is 69.8 cm³/mol. The maximum absolute atomic E-state index is 12.8. The molecule has 0 saturated heterocycles. The van der Waals surface area contributed by atoms with E-state index < -0.39 is 5.92 Å². The fourth-order valence-corrected chi connectivity index (χ4v) is 1.78. The topological polar surface area (TPSA) is 48.7 Å². The zero-order chi connectivity index (χ0) is 14.4. The number of benzene rings is 1. The molecule has 0 spiro atoms. The molecule has 106 valence electrons. The molecule has 0 aliphatic heterocycles. The molecule has 0 saturated carbocycles. The van der Waals surface area contributed by atoms with E-state index in [0.29, 0.717) is 17.9 Å². The molecule has 1 unspecified atom stereocenters. The van der Waals surface area contributed by atoms with Crippen molar-refractivity contribution in [1.82, 2.24) is 0 Å². The fraction of sp³-hybridized carbons (Fsp3) is 0.267. The van der Waals surface area contributed by atoms with E-state index >= 15 is 0 Å². The van der Waals surface area contributed by atoms with Gasteiger partial charge in [-0.15, -0.1) is 0 Å². The predicted octanol–water partition coefficient (Wildman–Crippen LogP) is 2.83. The summed E-state index contributed by atoms with van der Waals surface area (Å²) in [6, 6.07) is 9.16. The second-order valence-corrected chi connectivity index (χ2v) is 4.27. The Kier molecular flexibility index (Phi) is 4.76. The zero-order valence-corrected chi connectivity index (χ0v) is 11.0. The highest BCUT2D eigenvalue weighted by Gasteiger charge is 2.22. The van der Waals surface area contributed by atoms with E-state index in [1.807, 2.05) is 0 Å². The van der Waals surface area contributed by atoms with Crippen LogP contribution >= 0.6 is 0 Å². The smallest absolute Gasteiger partial charge is 0.312 e. The van der Waals surface area contributed by atoms with Crippen molar-refractivity contribution in [2.45, 2.75) is 6.42 Å². The molecule has 4 nitrogen and oxygen atoms in total. The number of ether oxygens (including phenoxy) is 2. The number of esters is 1. The van der Waals surface area contributed by atoms with Gasteiger partial charge >= 0.3 is 5.97 Å². The maximum atomic E-state index is 12.8. The third-order valence-electron chi connectivity index (χ3n) is 2.83. The largest absolute Gasteiger partial charge is 0.493 e. The minimum Gasteiger partial charge on any atom is -0.493 e. The lowest BCUT2D eigenvalue weighted by atomic mass is 10.1. The van der Waals surface area contributed by atoms with E-state index in [-0.39, 0.29) is 18.4 Å². The summed E-state index contributed by atoms with van der Waals surface area (Å²) < 4.78 is 28.2.